The van der Waals surface area contributed by atoms with Gasteiger partial charge in [-0.25, -0.2) is 8.78 Å². The van der Waals surface area contributed by atoms with E-state index >= 15 is 0 Å². The molecule has 3 rings (SSSR count). The monoisotopic (exact) mass is 445 g/mol. The lowest BCUT2D eigenvalue weighted by atomic mass is 10.1. The summed E-state index contributed by atoms with van der Waals surface area (Å²) in [5.41, 5.74) is 2.61. The Morgan fingerprint density at radius 1 is 1.35 bits per heavy atom. The number of hydrogen-bond acceptors (Lipinski definition) is 4. The van der Waals surface area contributed by atoms with E-state index in [0.29, 0.717) is 0 Å². The molecule has 0 radical (unpaired) electrons. The first-order chi connectivity index (χ1) is 14.4. The van der Waals surface area contributed by atoms with Crippen LogP contribution in [0, 0.1) is 5.92 Å². The molecule has 0 saturated heterocycles. The zero-order valence-electron chi connectivity index (χ0n) is 16.5. The molecule has 0 spiro atoms. The van der Waals surface area contributed by atoms with Crippen molar-refractivity contribution in [2.24, 2.45) is 11.7 Å². The smallest absolute Gasteiger partial charge is 0.364 e. The zero-order valence-corrected chi connectivity index (χ0v) is 16.5. The molecule has 168 valence electrons. The third kappa shape index (κ3) is 5.00. The number of alkyl halides is 5. The predicted molar refractivity (Wildman–Crippen MR) is 99.6 cm³/mol. The molecule has 2 aromatic heterocycles. The minimum Gasteiger partial charge on any atom is -0.364 e. The normalized spacial score (nSPS) is 18.2. The Morgan fingerprint density at radius 3 is 2.61 bits per heavy atom. The first kappa shape index (κ1) is 22.6. The Bertz CT molecular complexity index is 1000. The van der Waals surface area contributed by atoms with Gasteiger partial charge in [-0.15, -0.1) is 0 Å². The number of carbonyl (C=O) groups excluding carboxylic acids is 2. The molecule has 2 heterocycles. The third-order valence-corrected chi connectivity index (χ3v) is 5.07. The summed E-state index contributed by atoms with van der Waals surface area (Å²) in [4.78, 5) is 27.8. The van der Waals surface area contributed by atoms with Crippen molar-refractivity contribution in [1.29, 1.82) is 0 Å². The van der Waals surface area contributed by atoms with Crippen LogP contribution in [0.4, 0.5) is 27.6 Å². The van der Waals surface area contributed by atoms with Crippen LogP contribution in [0.25, 0.3) is 0 Å². The molecule has 2 amide bonds. The van der Waals surface area contributed by atoms with E-state index in [1.165, 1.54) is 13.0 Å². The summed E-state index contributed by atoms with van der Waals surface area (Å²) in [6, 6.07) is 2.39. The van der Waals surface area contributed by atoms with Crippen molar-refractivity contribution < 1.29 is 31.5 Å². The second kappa shape index (κ2) is 8.23. The van der Waals surface area contributed by atoms with E-state index in [4.69, 9.17) is 5.73 Å². The number of rotatable bonds is 6. The standard InChI is InChI=1S/C19H20F5N5O2/c1-2-12-14(19(22,23)24)15(29(28-12)9-10-3-5-18(20,21)8-10)17(31)27-11-4-6-26-13(7-11)16(25)30/h4,6-7,10H,2-3,5,8-9H2,1H3,(H2,25,30)(H,26,27,31). The quantitative estimate of drug-likeness (QED) is 0.663. The Hall–Kier alpha value is -3.05. The molecule has 0 aromatic carbocycles. The first-order valence-electron chi connectivity index (χ1n) is 9.53. The SMILES string of the molecule is CCc1nn(CC2CCC(F)(F)C2)c(C(=O)Nc2ccnc(C(N)=O)c2)c1C(F)(F)F. The van der Waals surface area contributed by atoms with Crippen molar-refractivity contribution in [2.75, 3.05) is 5.32 Å². The van der Waals surface area contributed by atoms with Gasteiger partial charge in [-0.3, -0.25) is 19.3 Å². The van der Waals surface area contributed by atoms with E-state index in [0.717, 1.165) is 16.9 Å². The number of nitrogens with two attached hydrogens (primary N) is 1. The Morgan fingerprint density at radius 2 is 2.06 bits per heavy atom. The highest BCUT2D eigenvalue weighted by Crippen LogP contribution is 2.41. The maximum Gasteiger partial charge on any atom is 0.420 e. The number of carbonyl (C=O) groups is 2. The minimum atomic E-state index is -4.88. The maximum atomic E-state index is 13.8. The van der Waals surface area contributed by atoms with Crippen LogP contribution in [0.1, 0.15) is 58.4 Å². The van der Waals surface area contributed by atoms with E-state index < -0.39 is 47.5 Å². The van der Waals surface area contributed by atoms with Gasteiger partial charge in [0.25, 0.3) is 11.8 Å². The number of amides is 2. The van der Waals surface area contributed by atoms with Gasteiger partial charge < -0.3 is 11.1 Å². The number of aryl methyl sites for hydroxylation is 1. The molecular weight excluding hydrogens is 425 g/mol. The highest BCUT2D eigenvalue weighted by Gasteiger charge is 2.44. The van der Waals surface area contributed by atoms with Crippen molar-refractivity contribution in [1.82, 2.24) is 14.8 Å². The molecule has 0 bridgehead atoms. The van der Waals surface area contributed by atoms with Gasteiger partial charge in [0.05, 0.1) is 5.69 Å². The average molecular weight is 445 g/mol. The van der Waals surface area contributed by atoms with Crippen LogP contribution >= 0.6 is 0 Å². The van der Waals surface area contributed by atoms with Gasteiger partial charge in [0.2, 0.25) is 5.92 Å². The number of nitrogens with one attached hydrogen (secondary N) is 1. The summed E-state index contributed by atoms with van der Waals surface area (Å²) in [5.74, 6) is -5.52. The van der Waals surface area contributed by atoms with Crippen LogP contribution in [0.5, 0.6) is 0 Å². The van der Waals surface area contributed by atoms with E-state index in [2.05, 4.69) is 15.4 Å². The van der Waals surface area contributed by atoms with Crippen LogP contribution in [0.3, 0.4) is 0 Å². The highest BCUT2D eigenvalue weighted by molar-refractivity contribution is 6.05. The van der Waals surface area contributed by atoms with E-state index in [1.54, 1.807) is 0 Å². The molecule has 12 heteroatoms. The van der Waals surface area contributed by atoms with E-state index in [9.17, 15) is 31.5 Å². The molecule has 1 unspecified atom stereocenters. The van der Waals surface area contributed by atoms with Gasteiger partial charge in [0, 0.05) is 31.3 Å². The fourth-order valence-electron chi connectivity index (χ4n) is 3.70. The van der Waals surface area contributed by atoms with Crippen molar-refractivity contribution in [3.8, 4) is 0 Å². The van der Waals surface area contributed by atoms with Gasteiger partial charge in [0.15, 0.2) is 0 Å². The first-order valence-corrected chi connectivity index (χ1v) is 9.53. The fourth-order valence-corrected chi connectivity index (χ4v) is 3.70. The molecule has 1 saturated carbocycles. The van der Waals surface area contributed by atoms with Gasteiger partial charge >= 0.3 is 6.18 Å². The molecule has 31 heavy (non-hydrogen) atoms. The molecule has 3 N–H and O–H groups in total. The Kier molecular flexibility index (Phi) is 6.01. The summed E-state index contributed by atoms with van der Waals surface area (Å²) in [5, 5.41) is 6.21. The molecule has 1 atom stereocenters. The molecule has 1 aliphatic rings. The molecule has 2 aromatic rings. The maximum absolute atomic E-state index is 13.8. The average Bonchev–Trinajstić information content (AvgIpc) is 3.21. The van der Waals surface area contributed by atoms with E-state index in [1.807, 2.05) is 0 Å². The number of hydrogen-bond donors (Lipinski definition) is 2. The van der Waals surface area contributed by atoms with E-state index in [-0.39, 0.29) is 42.9 Å². The topological polar surface area (TPSA) is 103 Å². The third-order valence-electron chi connectivity index (χ3n) is 5.07. The van der Waals surface area contributed by atoms with Crippen LogP contribution in [0.2, 0.25) is 0 Å². The lowest BCUT2D eigenvalue weighted by Gasteiger charge is -2.15. The number of aromatic nitrogens is 3. The summed E-state index contributed by atoms with van der Waals surface area (Å²) in [6.45, 7) is 1.21. The second-order valence-corrected chi connectivity index (χ2v) is 7.42. The lowest BCUT2D eigenvalue weighted by Crippen LogP contribution is -2.24. The van der Waals surface area contributed by atoms with Gasteiger partial charge in [0.1, 0.15) is 17.0 Å². The van der Waals surface area contributed by atoms with Gasteiger partial charge in [-0.2, -0.15) is 18.3 Å². The van der Waals surface area contributed by atoms with Crippen molar-refractivity contribution in [3.63, 3.8) is 0 Å². The number of anilines is 1. The van der Waals surface area contributed by atoms with Crippen LogP contribution in [-0.4, -0.2) is 32.5 Å². The molecule has 7 nitrogen and oxygen atoms in total. The molecule has 0 aliphatic heterocycles. The van der Waals surface area contributed by atoms with Gasteiger partial charge in [-0.1, -0.05) is 6.92 Å². The largest absolute Gasteiger partial charge is 0.420 e. The number of pyridine rings is 1. The Balaban J connectivity index is 1.99. The summed E-state index contributed by atoms with van der Waals surface area (Å²) < 4.78 is 69.3. The highest BCUT2D eigenvalue weighted by atomic mass is 19.4. The molecule has 1 fully saturated rings. The van der Waals surface area contributed by atoms with Gasteiger partial charge in [-0.05, 0) is 30.9 Å². The Labute approximate surface area is 173 Å². The van der Waals surface area contributed by atoms with Crippen molar-refractivity contribution in [3.05, 3.63) is 41.0 Å². The number of nitrogens with zero attached hydrogens (tertiary/aromatic N) is 3. The summed E-state index contributed by atoms with van der Waals surface area (Å²) in [6.07, 6.45) is -4.56. The summed E-state index contributed by atoms with van der Waals surface area (Å²) in [7, 11) is 0. The van der Waals surface area contributed by atoms with Crippen LogP contribution in [-0.2, 0) is 19.1 Å². The van der Waals surface area contributed by atoms with Crippen molar-refractivity contribution in [2.45, 2.75) is 51.3 Å². The second-order valence-electron chi connectivity index (χ2n) is 7.42. The fraction of sp³-hybridized carbons (Fsp3) is 0.474. The summed E-state index contributed by atoms with van der Waals surface area (Å²) >= 11 is 0. The molecule has 1 aliphatic carbocycles. The minimum absolute atomic E-state index is 0.000114. The lowest BCUT2D eigenvalue weighted by molar-refractivity contribution is -0.138. The zero-order chi connectivity index (χ0) is 23.0. The van der Waals surface area contributed by atoms with Crippen LogP contribution in [0.15, 0.2) is 18.3 Å². The number of primary amides is 1. The predicted octanol–water partition coefficient (Wildman–Crippen LogP) is 3.65. The van der Waals surface area contributed by atoms with Crippen LogP contribution < -0.4 is 11.1 Å². The van der Waals surface area contributed by atoms with Crippen molar-refractivity contribution >= 4 is 17.5 Å². The number of halogens is 5. The molecular formula is C19H20F5N5O2.